The summed E-state index contributed by atoms with van der Waals surface area (Å²) in [6.45, 7) is -4.05. The molecule has 0 aromatic carbocycles. The van der Waals surface area contributed by atoms with Crippen molar-refractivity contribution in [2.45, 2.75) is 18.3 Å². The molecule has 0 saturated heterocycles. The normalized spacial score (nSPS) is 14.6. The Hall–Kier alpha value is -0.0975. The molecular weight excluding hydrogens is 519 g/mol. The van der Waals surface area contributed by atoms with Gasteiger partial charge in [-0.1, -0.05) is 0 Å². The Morgan fingerprint density at radius 2 is 0.710 bits per heavy atom. The van der Waals surface area contributed by atoms with Crippen LogP contribution in [0.25, 0.3) is 0 Å². The minimum Gasteiger partial charge on any atom is -0.726 e. The van der Waals surface area contributed by atoms with Gasteiger partial charge in [-0.25, -0.2) is 25.3 Å². The van der Waals surface area contributed by atoms with Gasteiger partial charge in [0, 0.05) is 0 Å². The van der Waals surface area contributed by atoms with Gasteiger partial charge >= 0.3 is 17.4 Å². The summed E-state index contributed by atoms with van der Waals surface area (Å²) in [7, 11) is -14.3. The van der Waals surface area contributed by atoms with E-state index in [-0.39, 0.29) is 17.4 Å². The maximum Gasteiger partial charge on any atom is 3.00 e. The first kappa shape index (κ1) is 38.2. The molecule has 0 aliphatic carbocycles. The summed E-state index contributed by atoms with van der Waals surface area (Å²) in [6.07, 6.45) is -3.99. The molecule has 0 fully saturated rings. The fourth-order valence-corrected chi connectivity index (χ4v) is 1.61. The first-order valence-electron chi connectivity index (χ1n) is 7.04. The molecule has 0 aliphatic heterocycles. The molecule has 0 aromatic rings. The van der Waals surface area contributed by atoms with Gasteiger partial charge in [0.05, 0.1) is 39.6 Å². The zero-order valence-corrected chi connectivity index (χ0v) is 19.0. The molecule has 0 radical (unpaired) electrons. The van der Waals surface area contributed by atoms with Crippen molar-refractivity contribution >= 4 is 48.6 Å². The van der Waals surface area contributed by atoms with Gasteiger partial charge in [0.15, 0.2) is 0 Å². The largest absolute Gasteiger partial charge is 3.00 e. The van der Waals surface area contributed by atoms with Gasteiger partial charge in [-0.05, 0) is 0 Å². The first-order valence-corrected chi connectivity index (χ1v) is 11.0. The van der Waals surface area contributed by atoms with E-state index in [1.54, 1.807) is 0 Å². The van der Waals surface area contributed by atoms with Crippen molar-refractivity contribution in [3.05, 3.63) is 0 Å². The third kappa shape index (κ3) is 40.7. The summed E-state index contributed by atoms with van der Waals surface area (Å²) in [5.41, 5.74) is 0. The zero-order valence-electron chi connectivity index (χ0n) is 15.4. The molecule has 186 valence electrons. The minimum absolute atomic E-state index is 0. The third-order valence-electron chi connectivity index (χ3n) is 1.85. The van der Waals surface area contributed by atoms with Crippen molar-refractivity contribution in [3.8, 4) is 0 Å². The van der Waals surface area contributed by atoms with Crippen molar-refractivity contribution in [3.63, 3.8) is 0 Å². The van der Waals surface area contributed by atoms with Crippen LogP contribution in [0.4, 0.5) is 0 Å². The van der Waals surface area contributed by atoms with Crippen LogP contribution in [0.15, 0.2) is 0 Å². The third-order valence-corrected chi connectivity index (χ3v) is 3.12. The average Bonchev–Trinajstić information content (AvgIpc) is 2.61. The van der Waals surface area contributed by atoms with Crippen LogP contribution >= 0.6 is 0 Å². The van der Waals surface area contributed by atoms with Gasteiger partial charge in [-0.3, -0.25) is 12.5 Å². The number of aliphatic hydroxyl groups excluding tert-OH is 6. The topological polar surface area (TPSA) is 321 Å². The number of hydrogen-bond acceptors (Lipinski definition) is 18. The number of rotatable bonds is 12. The van der Waals surface area contributed by atoms with Crippen molar-refractivity contribution in [2.75, 3.05) is 39.6 Å². The zero-order chi connectivity index (χ0) is 24.6. The van der Waals surface area contributed by atoms with E-state index in [0.29, 0.717) is 0 Å². The average molecular weight is 540 g/mol. The van der Waals surface area contributed by atoms with E-state index in [1.807, 2.05) is 0 Å². The van der Waals surface area contributed by atoms with Gasteiger partial charge in [0.1, 0.15) is 18.3 Å². The second-order valence-corrected chi connectivity index (χ2v) is 7.74. The van der Waals surface area contributed by atoms with E-state index in [9.17, 15) is 38.9 Å². The molecule has 31 heavy (non-hydrogen) atoms. The molecule has 22 heteroatoms. The summed E-state index contributed by atoms with van der Waals surface area (Å²) < 4.78 is 97.9. The predicted octanol–water partition coefficient (Wildman–Crippen LogP) is -6.93. The summed E-state index contributed by atoms with van der Waals surface area (Å²) in [6, 6.07) is 0. The number of aliphatic hydroxyl groups is 6. The first-order chi connectivity index (χ1) is 13.4. The Morgan fingerprint density at radius 3 is 0.806 bits per heavy atom. The molecule has 0 aromatic heterocycles. The van der Waals surface area contributed by atoms with Gasteiger partial charge in [0.25, 0.3) is 0 Å². The summed E-state index contributed by atoms with van der Waals surface area (Å²) in [5, 5.41) is 49.6. The maximum absolute atomic E-state index is 9.68. The van der Waals surface area contributed by atoms with Crippen molar-refractivity contribution in [2.24, 2.45) is 0 Å². The van der Waals surface area contributed by atoms with Crippen molar-refractivity contribution < 1.29 is 82.1 Å². The van der Waals surface area contributed by atoms with E-state index >= 15 is 0 Å². The molecule has 0 rings (SSSR count). The van der Waals surface area contributed by atoms with E-state index in [1.165, 1.54) is 0 Å². The van der Waals surface area contributed by atoms with Gasteiger partial charge in [0.2, 0.25) is 31.2 Å². The Kier molecular flexibility index (Phi) is 23.9. The van der Waals surface area contributed by atoms with Crippen LogP contribution in [0, 0.1) is 0 Å². The van der Waals surface area contributed by atoms with Crippen LogP contribution in [0.3, 0.4) is 0 Å². The monoisotopic (exact) mass is 540 g/mol. The Balaban J connectivity index is -0.000000174. The molecule has 3 unspecified atom stereocenters. The summed E-state index contributed by atoms with van der Waals surface area (Å²) in [5.74, 6) is 0. The Labute approximate surface area is 188 Å². The van der Waals surface area contributed by atoms with Crippen molar-refractivity contribution in [1.82, 2.24) is 0 Å². The van der Waals surface area contributed by atoms with E-state index in [2.05, 4.69) is 12.5 Å². The van der Waals surface area contributed by atoms with E-state index in [0.717, 1.165) is 0 Å². The Morgan fingerprint density at radius 1 is 0.548 bits per heavy atom. The molecule has 3 atom stereocenters. The van der Waals surface area contributed by atoms with Gasteiger partial charge in [-0.15, -0.1) is 0 Å². The smallest absolute Gasteiger partial charge is 0.726 e. The quantitative estimate of drug-likeness (QED) is 0.0760. The van der Waals surface area contributed by atoms with Crippen LogP contribution in [-0.2, 0) is 43.7 Å². The fraction of sp³-hybridized carbons (Fsp3) is 1.00. The van der Waals surface area contributed by atoms with Crippen LogP contribution in [-0.4, -0.2) is 145 Å². The van der Waals surface area contributed by atoms with Crippen molar-refractivity contribution in [1.29, 1.82) is 0 Å². The molecule has 0 heterocycles. The minimum atomic E-state index is -4.75. The number of hydrogen-bond donors (Lipinski definition) is 6. The van der Waals surface area contributed by atoms with Gasteiger partial charge in [-0.2, -0.15) is 0 Å². The second-order valence-electron chi connectivity index (χ2n) is 4.59. The van der Waals surface area contributed by atoms with E-state index in [4.69, 9.17) is 30.6 Å². The Bertz CT molecular complexity index is 621. The molecule has 18 nitrogen and oxygen atoms in total. The van der Waals surface area contributed by atoms with Crippen LogP contribution in [0.1, 0.15) is 0 Å². The van der Waals surface area contributed by atoms with Crippen LogP contribution < -0.4 is 0 Å². The molecule has 0 aliphatic rings. The molecule has 0 bridgehead atoms. The second kappa shape index (κ2) is 19.4. The summed E-state index contributed by atoms with van der Waals surface area (Å²) >= 11 is 0. The van der Waals surface area contributed by atoms with Crippen LogP contribution in [0.2, 0.25) is 0 Å². The standard InChI is InChI=1S/3C3H8O6S.Al/c3*4-1-3(5)2-9-10(6,7)8;/h3*3-5H,1-2H2,(H,6,7,8);/q;;;+3/p-3. The van der Waals surface area contributed by atoms with Gasteiger partial charge < -0.3 is 44.3 Å². The molecular formula is C9H21AlO18S3. The molecule has 0 amide bonds. The molecule has 0 spiro atoms. The fourth-order valence-electron chi connectivity index (χ4n) is 0.644. The van der Waals surface area contributed by atoms with E-state index < -0.39 is 89.2 Å². The SMILES string of the molecule is O=S(=O)([O-])OCC(O)CO.O=S(=O)([O-])OCC(O)CO.O=S(=O)([O-])OCC(O)CO.[Al+3]. The molecule has 0 saturated carbocycles. The predicted molar refractivity (Wildman–Crippen MR) is 92.0 cm³/mol. The van der Waals surface area contributed by atoms with Crippen LogP contribution in [0.5, 0.6) is 0 Å². The maximum atomic E-state index is 9.68. The molecule has 6 N–H and O–H groups in total. The summed E-state index contributed by atoms with van der Waals surface area (Å²) in [4.78, 5) is 0.